The van der Waals surface area contributed by atoms with E-state index in [2.05, 4.69) is 23.1 Å². The molecule has 0 radical (unpaired) electrons. The van der Waals surface area contributed by atoms with Gasteiger partial charge in [-0.15, -0.1) is 0 Å². The van der Waals surface area contributed by atoms with Gasteiger partial charge in [0.1, 0.15) is 0 Å². The van der Waals surface area contributed by atoms with E-state index in [1.54, 1.807) is 0 Å². The first-order valence-corrected chi connectivity index (χ1v) is 6.56. The molecule has 1 aliphatic heterocycles. The molecule has 0 saturated heterocycles. The summed E-state index contributed by atoms with van der Waals surface area (Å²) in [7, 11) is 0. The molecule has 0 amide bonds. The summed E-state index contributed by atoms with van der Waals surface area (Å²) in [6.07, 6.45) is 3.10. The molecule has 2 rings (SSSR count). The molecule has 3 nitrogen and oxygen atoms in total. The molecule has 0 unspecified atom stereocenters. The third kappa shape index (κ3) is 2.76. The van der Waals surface area contributed by atoms with Crippen LogP contribution in [0.1, 0.15) is 32.3 Å². The molecule has 1 aromatic rings. The summed E-state index contributed by atoms with van der Waals surface area (Å²) in [4.78, 5) is 2.39. The lowest BCUT2D eigenvalue weighted by molar-refractivity contribution is 0.435. The zero-order valence-corrected chi connectivity index (χ0v) is 11.2. The highest BCUT2D eigenvalue weighted by atomic mass is 15.1. The van der Waals surface area contributed by atoms with Gasteiger partial charge >= 0.3 is 0 Å². The summed E-state index contributed by atoms with van der Waals surface area (Å²) in [5.74, 6) is 0. The van der Waals surface area contributed by atoms with Crippen molar-refractivity contribution in [3.8, 4) is 6.07 Å². The topological polar surface area (TPSA) is 53.0 Å². The molecular formula is C15H21N3. The lowest BCUT2D eigenvalue weighted by Gasteiger charge is -2.22. The Labute approximate surface area is 109 Å². The van der Waals surface area contributed by atoms with Crippen LogP contribution in [0.15, 0.2) is 18.2 Å². The van der Waals surface area contributed by atoms with Crippen LogP contribution in [0.3, 0.4) is 0 Å². The summed E-state index contributed by atoms with van der Waals surface area (Å²) in [6, 6.07) is 8.53. The highest BCUT2D eigenvalue weighted by molar-refractivity contribution is 5.64. The molecular weight excluding hydrogens is 222 g/mol. The molecule has 1 heterocycles. The van der Waals surface area contributed by atoms with Crippen molar-refractivity contribution in [2.24, 2.45) is 5.41 Å². The van der Waals surface area contributed by atoms with Crippen LogP contribution in [-0.2, 0) is 6.42 Å². The number of hydrogen-bond donors (Lipinski definition) is 1. The number of anilines is 2. The smallest absolute Gasteiger partial charge is 0.0683 e. The van der Waals surface area contributed by atoms with Crippen LogP contribution >= 0.6 is 0 Å². The van der Waals surface area contributed by atoms with Crippen molar-refractivity contribution >= 4 is 11.4 Å². The minimum absolute atomic E-state index is 0.210. The molecule has 1 aliphatic rings. The molecule has 0 saturated carbocycles. The molecule has 1 aromatic carbocycles. The van der Waals surface area contributed by atoms with Crippen molar-refractivity contribution in [3.05, 3.63) is 23.8 Å². The Bertz CT molecular complexity index is 471. The van der Waals surface area contributed by atoms with Gasteiger partial charge in [-0.1, -0.05) is 6.07 Å². The fourth-order valence-electron chi connectivity index (χ4n) is 2.46. The fraction of sp³-hybridized carbons (Fsp3) is 0.533. The van der Waals surface area contributed by atoms with E-state index < -0.39 is 0 Å². The maximum atomic E-state index is 9.00. The van der Waals surface area contributed by atoms with Crippen LogP contribution in [0.4, 0.5) is 11.4 Å². The summed E-state index contributed by atoms with van der Waals surface area (Å²) in [5, 5.41) is 9.00. The van der Waals surface area contributed by atoms with Crippen LogP contribution in [0.25, 0.3) is 0 Å². The van der Waals surface area contributed by atoms with Gasteiger partial charge in [0.15, 0.2) is 0 Å². The van der Waals surface area contributed by atoms with Crippen LogP contribution < -0.4 is 10.6 Å². The van der Waals surface area contributed by atoms with Crippen molar-refractivity contribution in [1.82, 2.24) is 0 Å². The average molecular weight is 243 g/mol. The molecule has 0 spiro atoms. The maximum absolute atomic E-state index is 9.00. The molecule has 96 valence electrons. The van der Waals surface area contributed by atoms with Crippen LogP contribution in [0.5, 0.6) is 0 Å². The number of hydrogen-bond acceptors (Lipinski definition) is 3. The van der Waals surface area contributed by atoms with Gasteiger partial charge in [-0.2, -0.15) is 5.26 Å². The largest absolute Gasteiger partial charge is 0.399 e. The van der Waals surface area contributed by atoms with Gasteiger partial charge in [-0.3, -0.25) is 0 Å². The minimum atomic E-state index is -0.210. The van der Waals surface area contributed by atoms with Gasteiger partial charge in [0, 0.05) is 24.5 Å². The SMILES string of the molecule is CC(C)(C#N)CCCN1CCc2ccc(N)cc21. The average Bonchev–Trinajstić information content (AvgIpc) is 2.72. The van der Waals surface area contributed by atoms with E-state index in [4.69, 9.17) is 11.0 Å². The number of nitrogen functional groups attached to an aromatic ring is 1. The van der Waals surface area contributed by atoms with Gasteiger partial charge in [-0.05, 0) is 50.8 Å². The van der Waals surface area contributed by atoms with Gasteiger partial charge in [-0.25, -0.2) is 0 Å². The van der Waals surface area contributed by atoms with Crippen molar-refractivity contribution in [3.63, 3.8) is 0 Å². The number of rotatable bonds is 4. The normalized spacial score (nSPS) is 14.4. The van der Waals surface area contributed by atoms with E-state index in [9.17, 15) is 0 Å². The van der Waals surface area contributed by atoms with Crippen LogP contribution in [0.2, 0.25) is 0 Å². The second kappa shape index (κ2) is 4.89. The number of nitriles is 1. The van der Waals surface area contributed by atoms with Crippen molar-refractivity contribution < 1.29 is 0 Å². The third-order valence-corrected chi connectivity index (χ3v) is 3.63. The van der Waals surface area contributed by atoms with Crippen molar-refractivity contribution in [2.75, 3.05) is 23.7 Å². The van der Waals surface area contributed by atoms with Gasteiger partial charge < -0.3 is 10.6 Å². The summed E-state index contributed by atoms with van der Waals surface area (Å²) >= 11 is 0. The fourth-order valence-corrected chi connectivity index (χ4v) is 2.46. The number of nitrogens with two attached hydrogens (primary N) is 1. The number of nitrogens with zero attached hydrogens (tertiary/aromatic N) is 2. The Morgan fingerprint density at radius 3 is 2.94 bits per heavy atom. The monoisotopic (exact) mass is 243 g/mol. The van der Waals surface area contributed by atoms with E-state index in [0.717, 1.165) is 38.0 Å². The van der Waals surface area contributed by atoms with E-state index in [-0.39, 0.29) is 5.41 Å². The maximum Gasteiger partial charge on any atom is 0.0683 e. The predicted octanol–water partition coefficient (Wildman–Crippen LogP) is 2.96. The lowest BCUT2D eigenvalue weighted by atomic mass is 9.90. The third-order valence-electron chi connectivity index (χ3n) is 3.63. The van der Waals surface area contributed by atoms with Gasteiger partial charge in [0.2, 0.25) is 0 Å². The van der Waals surface area contributed by atoms with E-state index in [1.807, 2.05) is 19.9 Å². The van der Waals surface area contributed by atoms with Crippen LogP contribution in [0, 0.1) is 16.7 Å². The van der Waals surface area contributed by atoms with Gasteiger partial charge in [0.05, 0.1) is 11.5 Å². The number of benzene rings is 1. The quantitative estimate of drug-likeness (QED) is 0.827. The molecule has 2 N–H and O–H groups in total. The Morgan fingerprint density at radius 2 is 2.22 bits per heavy atom. The second-order valence-corrected chi connectivity index (χ2v) is 5.72. The van der Waals surface area contributed by atoms with Gasteiger partial charge in [0.25, 0.3) is 0 Å². The first-order valence-electron chi connectivity index (χ1n) is 6.56. The van der Waals surface area contributed by atoms with Crippen molar-refractivity contribution in [1.29, 1.82) is 5.26 Å². The molecule has 0 aromatic heterocycles. The predicted molar refractivity (Wildman–Crippen MR) is 75.4 cm³/mol. The molecule has 0 atom stereocenters. The van der Waals surface area contributed by atoms with E-state index >= 15 is 0 Å². The summed E-state index contributed by atoms with van der Waals surface area (Å²) in [5.41, 5.74) is 9.14. The first-order chi connectivity index (χ1) is 8.52. The Hall–Kier alpha value is -1.69. The Balaban J connectivity index is 1.94. The summed E-state index contributed by atoms with van der Waals surface area (Å²) < 4.78 is 0. The highest BCUT2D eigenvalue weighted by Gasteiger charge is 2.21. The molecule has 0 aliphatic carbocycles. The van der Waals surface area contributed by atoms with E-state index in [0.29, 0.717) is 0 Å². The zero-order valence-electron chi connectivity index (χ0n) is 11.2. The molecule has 0 fully saturated rings. The Morgan fingerprint density at radius 1 is 1.44 bits per heavy atom. The minimum Gasteiger partial charge on any atom is -0.399 e. The molecule has 0 bridgehead atoms. The van der Waals surface area contributed by atoms with E-state index in [1.165, 1.54) is 11.3 Å². The first kappa shape index (κ1) is 12.8. The second-order valence-electron chi connectivity index (χ2n) is 5.72. The van der Waals surface area contributed by atoms with Crippen LogP contribution in [-0.4, -0.2) is 13.1 Å². The summed E-state index contributed by atoms with van der Waals surface area (Å²) in [6.45, 7) is 6.10. The zero-order chi connectivity index (χ0) is 13.2. The Kier molecular flexibility index (Phi) is 3.47. The highest BCUT2D eigenvalue weighted by Crippen LogP contribution is 2.30. The van der Waals surface area contributed by atoms with Crippen molar-refractivity contribution in [2.45, 2.75) is 33.1 Å². The molecule has 18 heavy (non-hydrogen) atoms. The molecule has 3 heteroatoms. The standard InChI is InChI=1S/C15H21N3/c1-15(2,11-16)7-3-8-18-9-6-12-4-5-13(17)10-14(12)18/h4-5,10H,3,6-9,17H2,1-2H3. The lowest BCUT2D eigenvalue weighted by Crippen LogP contribution is -2.23. The number of fused-ring (bicyclic) bond motifs is 1.